The average Bonchev–Trinajstić information content (AvgIpc) is 3.40. The minimum atomic E-state index is -4.46. The van der Waals surface area contributed by atoms with Gasteiger partial charge in [-0.2, -0.15) is 0 Å². The zero-order valence-electron chi connectivity index (χ0n) is 51.6. The summed E-state index contributed by atoms with van der Waals surface area (Å²) in [6, 6.07) is -0.868. The van der Waals surface area contributed by atoms with E-state index < -0.39 is 20.0 Å². The highest BCUT2D eigenvalue weighted by Gasteiger charge is 2.30. The summed E-state index contributed by atoms with van der Waals surface area (Å²) in [4.78, 5) is 37.8. The third kappa shape index (κ3) is 57.9. The molecule has 0 aliphatic heterocycles. The predicted molar refractivity (Wildman–Crippen MR) is 337 cm³/mol. The second-order valence-corrected chi connectivity index (χ2v) is 24.4. The molecule has 0 saturated carbocycles. The normalized spacial score (nSPS) is 14.2. The number of likely N-dealkylation sites (N-methyl/N-ethyl adjacent to an activating group) is 1. The van der Waals surface area contributed by atoms with Crippen LogP contribution in [0.5, 0.6) is 0 Å². The Bertz CT molecular complexity index is 1610. The summed E-state index contributed by atoms with van der Waals surface area (Å²) in [5, 5.41) is 3.05. The van der Waals surface area contributed by atoms with Crippen LogP contribution in [0.25, 0.3) is 0 Å². The van der Waals surface area contributed by atoms with E-state index in [-0.39, 0.29) is 31.5 Å². The zero-order valence-corrected chi connectivity index (χ0v) is 52.5. The van der Waals surface area contributed by atoms with Crippen LogP contribution in [0, 0.1) is 0 Å². The highest BCUT2D eigenvalue weighted by molar-refractivity contribution is 7.47. The number of phosphoric ester groups is 1. The number of nitrogens with zero attached hydrogens (tertiary/aromatic N) is 1. The van der Waals surface area contributed by atoms with Gasteiger partial charge in [0, 0.05) is 12.8 Å². The summed E-state index contributed by atoms with van der Waals surface area (Å²) >= 11 is 0. The van der Waals surface area contributed by atoms with E-state index in [0.717, 1.165) is 89.9 Å². The molecule has 0 aliphatic carbocycles. The van der Waals surface area contributed by atoms with Crippen LogP contribution >= 0.6 is 7.82 Å². The first kappa shape index (κ1) is 75.2. The fourth-order valence-electron chi connectivity index (χ4n) is 9.12. The number of rotatable bonds is 58. The van der Waals surface area contributed by atoms with Gasteiger partial charge < -0.3 is 19.4 Å². The second-order valence-electron chi connectivity index (χ2n) is 22.9. The maximum absolute atomic E-state index is 13.6. The fraction of sp³-hybridized carbons (Fsp3) is 0.765. The summed E-state index contributed by atoms with van der Waals surface area (Å²) in [5.74, 6) is -0.550. The van der Waals surface area contributed by atoms with E-state index in [1.165, 1.54) is 154 Å². The molecular weight excluding hydrogens is 988 g/mol. The van der Waals surface area contributed by atoms with Crippen LogP contribution in [0.1, 0.15) is 284 Å². The Labute approximate surface area is 482 Å². The van der Waals surface area contributed by atoms with Crippen molar-refractivity contribution in [2.75, 3.05) is 40.9 Å². The third-order valence-corrected chi connectivity index (χ3v) is 15.1. The highest BCUT2D eigenvalue weighted by atomic mass is 31.2. The Balaban J connectivity index is 5.28. The number of phosphoric acid groups is 1. The summed E-state index contributed by atoms with van der Waals surface area (Å²) in [5.41, 5.74) is 0. The Kier molecular flexibility index (Phi) is 55.4. The van der Waals surface area contributed by atoms with E-state index >= 15 is 0 Å². The van der Waals surface area contributed by atoms with Gasteiger partial charge in [-0.25, -0.2) is 4.57 Å². The minimum Gasteiger partial charge on any atom is -0.456 e. The van der Waals surface area contributed by atoms with Crippen molar-refractivity contribution in [2.24, 2.45) is 0 Å². The van der Waals surface area contributed by atoms with Crippen LogP contribution in [0.2, 0.25) is 0 Å². The van der Waals surface area contributed by atoms with Crippen LogP contribution in [0.3, 0.4) is 0 Å². The first-order valence-electron chi connectivity index (χ1n) is 32.4. The number of nitrogens with one attached hydrogen (secondary N) is 1. The molecule has 0 aromatic rings. The van der Waals surface area contributed by atoms with Gasteiger partial charge in [-0.1, -0.05) is 273 Å². The second kappa shape index (κ2) is 57.4. The summed E-state index contributed by atoms with van der Waals surface area (Å²) in [7, 11) is 1.47. The molecule has 0 aliphatic rings. The number of unbranched alkanes of at least 4 members (excludes halogenated alkanes) is 30. The van der Waals surface area contributed by atoms with Crippen molar-refractivity contribution >= 4 is 19.7 Å². The first-order chi connectivity index (χ1) is 37.9. The van der Waals surface area contributed by atoms with Gasteiger partial charge in [0.25, 0.3) is 0 Å². The number of amides is 1. The lowest BCUT2D eigenvalue weighted by Crippen LogP contribution is -2.47. The summed E-state index contributed by atoms with van der Waals surface area (Å²) in [6.45, 7) is 6.89. The molecule has 0 heterocycles. The molecule has 452 valence electrons. The summed E-state index contributed by atoms with van der Waals surface area (Å²) < 4.78 is 30.7. The maximum Gasteiger partial charge on any atom is 0.472 e. The maximum atomic E-state index is 13.6. The van der Waals surface area contributed by atoms with Crippen molar-refractivity contribution in [3.05, 3.63) is 85.1 Å². The van der Waals surface area contributed by atoms with Crippen molar-refractivity contribution in [1.82, 2.24) is 5.32 Å². The monoisotopic (exact) mass is 1110 g/mol. The lowest BCUT2D eigenvalue weighted by Gasteiger charge is -2.27. The molecule has 0 spiro atoms. The van der Waals surface area contributed by atoms with E-state index in [2.05, 4.69) is 99.0 Å². The Hall–Kier alpha value is -2.81. The minimum absolute atomic E-state index is 0.0312. The van der Waals surface area contributed by atoms with Crippen molar-refractivity contribution in [1.29, 1.82) is 0 Å². The van der Waals surface area contributed by atoms with Gasteiger partial charge >= 0.3 is 13.8 Å². The third-order valence-electron chi connectivity index (χ3n) is 14.1. The van der Waals surface area contributed by atoms with E-state index in [4.69, 9.17) is 13.8 Å². The number of hydrogen-bond donors (Lipinski definition) is 2. The molecule has 0 saturated heterocycles. The molecule has 0 fully saturated rings. The number of hydrogen-bond acceptors (Lipinski definition) is 6. The number of carbonyl (C=O) groups excluding carboxylic acids is 2. The highest BCUT2D eigenvalue weighted by Crippen LogP contribution is 2.43. The molecule has 2 N–H and O–H groups in total. The van der Waals surface area contributed by atoms with E-state index in [0.29, 0.717) is 23.9 Å². The molecule has 0 aromatic carbocycles. The van der Waals surface area contributed by atoms with Gasteiger partial charge in [-0.15, -0.1) is 0 Å². The van der Waals surface area contributed by atoms with Crippen LogP contribution < -0.4 is 5.32 Å². The number of ether oxygens (including phenoxy) is 1. The zero-order chi connectivity index (χ0) is 57.2. The van der Waals surface area contributed by atoms with Gasteiger partial charge in [0.15, 0.2) is 0 Å². The van der Waals surface area contributed by atoms with Gasteiger partial charge in [0.1, 0.15) is 19.3 Å². The molecule has 0 radical (unpaired) electrons. The molecule has 0 aromatic heterocycles. The topological polar surface area (TPSA) is 111 Å². The number of quaternary nitrogens is 1. The van der Waals surface area contributed by atoms with Crippen LogP contribution in [-0.2, 0) is 27.9 Å². The molecule has 1 amide bonds. The molecule has 0 bridgehead atoms. The first-order valence-corrected chi connectivity index (χ1v) is 33.9. The molecule has 10 heteroatoms. The van der Waals surface area contributed by atoms with Crippen LogP contribution in [0.4, 0.5) is 0 Å². The number of allylic oxidation sites excluding steroid dienone is 13. The lowest BCUT2D eigenvalue weighted by molar-refractivity contribution is -0.870. The van der Waals surface area contributed by atoms with E-state index in [1.807, 2.05) is 33.3 Å². The molecule has 78 heavy (non-hydrogen) atoms. The molecule has 3 unspecified atom stereocenters. The van der Waals surface area contributed by atoms with Crippen LogP contribution in [-0.4, -0.2) is 74.3 Å². The van der Waals surface area contributed by atoms with Gasteiger partial charge in [-0.3, -0.25) is 18.6 Å². The van der Waals surface area contributed by atoms with Crippen molar-refractivity contribution in [3.8, 4) is 0 Å². The standard InChI is InChI=1S/C68H123N2O7P/c1-7-10-13-16-19-22-25-28-30-32-34-35-37-39-41-43-46-49-52-55-58-61-68(72)77-66(59-56-53-50-47-44-27-24-21-18-15-12-9-3)65(64-76-78(73,74)75-63-62-70(4,5)6)69-67(71)60-57-54-51-48-45-42-40-38-36-33-31-29-26-23-20-17-14-11-8-2/h10,13,19,22,28,30,34-35,39,41,46,49,56,59,65-66H,7-9,11-12,14-18,20-21,23-27,29,31-33,36-38,40,42-45,47-48,50-55,57-58,60-64H2,1-6H3,(H-,69,71,73,74)/p+1/b13-10-,22-19-,30-28-,35-34-,41-39-,49-46-,59-56+. The van der Waals surface area contributed by atoms with E-state index in [9.17, 15) is 19.0 Å². The van der Waals surface area contributed by atoms with Crippen molar-refractivity contribution in [2.45, 2.75) is 296 Å². The average molecular weight is 1110 g/mol. The predicted octanol–water partition coefficient (Wildman–Crippen LogP) is 20.2. The Morgan fingerprint density at radius 3 is 1.24 bits per heavy atom. The fourth-order valence-corrected chi connectivity index (χ4v) is 9.86. The smallest absolute Gasteiger partial charge is 0.456 e. The SMILES string of the molecule is CC/C=C\C/C=C\C/C=C\C/C=C\C/C=C\C/C=C\CCCCC(=O)OC(/C=C/CCCCCCCCCCCC)C(COP(=O)(O)OCC[N+](C)(C)C)NC(=O)CCCCCCCCCCCCCCCCCCCCC. The van der Waals surface area contributed by atoms with Crippen LogP contribution in [0.15, 0.2) is 85.1 Å². The van der Waals surface area contributed by atoms with Gasteiger partial charge in [-0.05, 0) is 83.1 Å². The van der Waals surface area contributed by atoms with E-state index in [1.54, 1.807) is 0 Å². The van der Waals surface area contributed by atoms with Gasteiger partial charge in [0.05, 0.1) is 33.8 Å². The largest absolute Gasteiger partial charge is 0.472 e. The molecule has 0 rings (SSSR count). The summed E-state index contributed by atoms with van der Waals surface area (Å²) in [6.07, 6.45) is 75.9. The lowest BCUT2D eigenvalue weighted by atomic mass is 10.0. The molecule has 9 nitrogen and oxygen atoms in total. The molecule has 3 atom stereocenters. The quantitative estimate of drug-likeness (QED) is 0.0205. The molecular formula is C68H124N2O7P+. The Morgan fingerprint density at radius 1 is 0.462 bits per heavy atom. The van der Waals surface area contributed by atoms with Gasteiger partial charge in [0.2, 0.25) is 5.91 Å². The number of esters is 1. The number of carbonyl (C=O) groups is 2. The van der Waals surface area contributed by atoms with Crippen molar-refractivity contribution < 1.29 is 37.3 Å². The van der Waals surface area contributed by atoms with Crippen molar-refractivity contribution in [3.63, 3.8) is 0 Å². The Morgan fingerprint density at radius 2 is 0.821 bits per heavy atom.